The Labute approximate surface area is 159 Å². The molecule has 0 radical (unpaired) electrons. The van der Waals surface area contributed by atoms with Gasteiger partial charge < -0.3 is 13.9 Å². The van der Waals surface area contributed by atoms with Crippen molar-refractivity contribution < 1.29 is 13.9 Å². The Bertz CT molecular complexity index is 881. The van der Waals surface area contributed by atoms with Gasteiger partial charge in [-0.3, -0.25) is 0 Å². The summed E-state index contributed by atoms with van der Waals surface area (Å²) >= 11 is 18.0. The SMILES string of the molecule is COc1ccc(-c2nnc([C@@H](C)Oc3cc(Cl)c(Cl)cc3Cl)o2)cc1. The topological polar surface area (TPSA) is 57.4 Å². The molecule has 0 aliphatic carbocycles. The molecule has 0 fully saturated rings. The minimum absolute atomic E-state index is 0.313. The second kappa shape index (κ2) is 7.52. The first kappa shape index (κ1) is 17.9. The van der Waals surface area contributed by atoms with Gasteiger partial charge in [-0.2, -0.15) is 0 Å². The van der Waals surface area contributed by atoms with E-state index in [-0.39, 0.29) is 0 Å². The molecule has 2 aromatic carbocycles. The molecule has 0 spiro atoms. The van der Waals surface area contributed by atoms with E-state index in [0.29, 0.717) is 32.6 Å². The summed E-state index contributed by atoms with van der Waals surface area (Å²) in [5.74, 6) is 1.82. The highest BCUT2D eigenvalue weighted by Crippen LogP contribution is 2.36. The summed E-state index contributed by atoms with van der Waals surface area (Å²) in [6.45, 7) is 1.77. The summed E-state index contributed by atoms with van der Waals surface area (Å²) in [5, 5.41) is 9.11. The van der Waals surface area contributed by atoms with Crippen molar-refractivity contribution in [3.63, 3.8) is 0 Å². The number of benzene rings is 2. The fraction of sp³-hybridized carbons (Fsp3) is 0.176. The third-order valence-corrected chi connectivity index (χ3v) is 4.42. The second-order valence-electron chi connectivity index (χ2n) is 5.13. The van der Waals surface area contributed by atoms with Crippen LogP contribution in [0.5, 0.6) is 11.5 Å². The van der Waals surface area contributed by atoms with E-state index in [1.54, 1.807) is 20.1 Å². The molecular formula is C17H13Cl3N2O3. The number of ether oxygens (including phenoxy) is 2. The summed E-state index contributed by atoms with van der Waals surface area (Å²) in [7, 11) is 1.60. The smallest absolute Gasteiger partial charge is 0.257 e. The van der Waals surface area contributed by atoms with Crippen molar-refractivity contribution in [2.24, 2.45) is 0 Å². The number of nitrogens with zero attached hydrogens (tertiary/aromatic N) is 2. The van der Waals surface area contributed by atoms with Crippen molar-refractivity contribution in [2.75, 3.05) is 7.11 Å². The Hall–Kier alpha value is -1.95. The van der Waals surface area contributed by atoms with Crippen LogP contribution in [0.15, 0.2) is 40.8 Å². The van der Waals surface area contributed by atoms with Gasteiger partial charge in [-0.25, -0.2) is 0 Å². The quantitative estimate of drug-likeness (QED) is 0.504. The summed E-state index contributed by atoms with van der Waals surface area (Å²) in [6, 6.07) is 10.4. The normalized spacial score (nSPS) is 12.0. The van der Waals surface area contributed by atoms with Crippen LogP contribution in [-0.4, -0.2) is 17.3 Å². The van der Waals surface area contributed by atoms with Gasteiger partial charge in [0.05, 0.1) is 22.2 Å². The molecule has 1 aromatic heterocycles. The highest BCUT2D eigenvalue weighted by Gasteiger charge is 2.18. The van der Waals surface area contributed by atoms with Gasteiger partial charge in [-0.15, -0.1) is 10.2 Å². The maximum Gasteiger partial charge on any atom is 0.257 e. The molecule has 1 atom stereocenters. The van der Waals surface area contributed by atoms with Crippen LogP contribution in [0.3, 0.4) is 0 Å². The summed E-state index contributed by atoms with van der Waals surface area (Å²) in [5.41, 5.74) is 0.777. The monoisotopic (exact) mass is 398 g/mol. The van der Waals surface area contributed by atoms with Gasteiger partial charge in [-0.1, -0.05) is 34.8 Å². The fourth-order valence-corrected chi connectivity index (χ4v) is 2.67. The lowest BCUT2D eigenvalue weighted by molar-refractivity contribution is 0.190. The van der Waals surface area contributed by atoms with Crippen molar-refractivity contribution >= 4 is 34.8 Å². The molecule has 8 heteroatoms. The maximum atomic E-state index is 6.12. The third-order valence-electron chi connectivity index (χ3n) is 3.40. The molecule has 3 rings (SSSR count). The van der Waals surface area contributed by atoms with Crippen molar-refractivity contribution in [3.8, 4) is 23.0 Å². The molecule has 130 valence electrons. The van der Waals surface area contributed by atoms with E-state index in [2.05, 4.69) is 10.2 Å². The number of rotatable bonds is 5. The first-order valence-electron chi connectivity index (χ1n) is 7.27. The summed E-state index contributed by atoms with van der Waals surface area (Å²) in [4.78, 5) is 0. The van der Waals surface area contributed by atoms with E-state index >= 15 is 0 Å². The molecule has 0 N–H and O–H groups in total. The van der Waals surface area contributed by atoms with Gasteiger partial charge in [0.2, 0.25) is 5.89 Å². The predicted molar refractivity (Wildman–Crippen MR) is 96.8 cm³/mol. The van der Waals surface area contributed by atoms with E-state index in [0.717, 1.165) is 11.3 Å². The lowest BCUT2D eigenvalue weighted by Gasteiger charge is -2.13. The number of halogens is 3. The Morgan fingerprint density at radius 2 is 1.64 bits per heavy atom. The van der Waals surface area contributed by atoms with Gasteiger partial charge in [0.15, 0.2) is 6.10 Å². The highest BCUT2D eigenvalue weighted by atomic mass is 35.5. The zero-order chi connectivity index (χ0) is 18.0. The number of aromatic nitrogens is 2. The molecule has 0 saturated heterocycles. The zero-order valence-corrected chi connectivity index (χ0v) is 15.6. The van der Waals surface area contributed by atoms with Crippen molar-refractivity contribution in [3.05, 3.63) is 57.4 Å². The zero-order valence-electron chi connectivity index (χ0n) is 13.3. The van der Waals surface area contributed by atoms with Crippen molar-refractivity contribution in [1.82, 2.24) is 10.2 Å². The summed E-state index contributed by atoms with van der Waals surface area (Å²) < 4.78 is 16.6. The molecule has 0 aliphatic rings. The van der Waals surface area contributed by atoms with Crippen LogP contribution < -0.4 is 9.47 Å². The number of hydrogen-bond donors (Lipinski definition) is 0. The van der Waals surface area contributed by atoms with Crippen LogP contribution in [0.1, 0.15) is 18.9 Å². The molecule has 25 heavy (non-hydrogen) atoms. The molecule has 3 aromatic rings. The van der Waals surface area contributed by atoms with E-state index < -0.39 is 6.10 Å². The van der Waals surface area contributed by atoms with Gasteiger partial charge in [0, 0.05) is 11.6 Å². The van der Waals surface area contributed by atoms with E-state index in [9.17, 15) is 0 Å². The third kappa shape index (κ3) is 4.00. The Kier molecular flexibility index (Phi) is 5.37. The average Bonchev–Trinajstić information content (AvgIpc) is 3.10. The number of hydrogen-bond acceptors (Lipinski definition) is 5. The lowest BCUT2D eigenvalue weighted by atomic mass is 10.2. The minimum Gasteiger partial charge on any atom is -0.497 e. The van der Waals surface area contributed by atoms with Crippen LogP contribution in [0.2, 0.25) is 15.1 Å². The fourth-order valence-electron chi connectivity index (χ4n) is 2.08. The molecule has 1 heterocycles. The first-order valence-corrected chi connectivity index (χ1v) is 8.40. The molecule has 0 amide bonds. The van der Waals surface area contributed by atoms with Crippen LogP contribution in [0.4, 0.5) is 0 Å². The van der Waals surface area contributed by atoms with Gasteiger partial charge in [0.1, 0.15) is 11.5 Å². The molecule has 0 aliphatic heterocycles. The molecule has 0 unspecified atom stereocenters. The van der Waals surface area contributed by atoms with E-state index in [4.69, 9.17) is 48.7 Å². The Balaban J connectivity index is 1.78. The lowest BCUT2D eigenvalue weighted by Crippen LogP contribution is -2.04. The molecular weight excluding hydrogens is 387 g/mol. The van der Waals surface area contributed by atoms with Crippen LogP contribution in [0, 0.1) is 0 Å². The van der Waals surface area contributed by atoms with Crippen molar-refractivity contribution in [2.45, 2.75) is 13.0 Å². The molecule has 0 bridgehead atoms. The van der Waals surface area contributed by atoms with Gasteiger partial charge in [-0.05, 0) is 37.3 Å². The van der Waals surface area contributed by atoms with Gasteiger partial charge in [0.25, 0.3) is 5.89 Å². The van der Waals surface area contributed by atoms with E-state index in [1.165, 1.54) is 6.07 Å². The Morgan fingerprint density at radius 1 is 0.960 bits per heavy atom. The summed E-state index contributed by atoms with van der Waals surface area (Å²) in [6.07, 6.45) is -0.519. The Morgan fingerprint density at radius 3 is 2.32 bits per heavy atom. The van der Waals surface area contributed by atoms with Crippen molar-refractivity contribution in [1.29, 1.82) is 0 Å². The second-order valence-corrected chi connectivity index (χ2v) is 6.35. The van der Waals surface area contributed by atoms with E-state index in [1.807, 2.05) is 24.3 Å². The first-order chi connectivity index (χ1) is 12.0. The predicted octanol–water partition coefficient (Wildman–Crippen LogP) is 5.85. The van der Waals surface area contributed by atoms with Crippen LogP contribution in [-0.2, 0) is 0 Å². The van der Waals surface area contributed by atoms with Crippen LogP contribution >= 0.6 is 34.8 Å². The maximum absolute atomic E-state index is 6.12. The highest BCUT2D eigenvalue weighted by molar-refractivity contribution is 6.43. The minimum atomic E-state index is -0.519. The molecule has 0 saturated carbocycles. The largest absolute Gasteiger partial charge is 0.497 e. The standard InChI is InChI=1S/C17H13Cl3N2O3/c1-9(24-15-8-13(19)12(18)7-14(15)20)16-21-22-17(25-16)10-3-5-11(23-2)6-4-10/h3-9H,1-2H3/t9-/m1/s1. The van der Waals surface area contributed by atoms with Gasteiger partial charge >= 0.3 is 0 Å². The molecule has 5 nitrogen and oxygen atoms in total. The van der Waals surface area contributed by atoms with Crippen LogP contribution in [0.25, 0.3) is 11.5 Å². The number of methoxy groups -OCH3 is 1. The average molecular weight is 400 g/mol.